The number of rotatable bonds is 3. The van der Waals surface area contributed by atoms with E-state index in [1.165, 1.54) is 11.1 Å². The van der Waals surface area contributed by atoms with Gasteiger partial charge in [-0.2, -0.15) is 0 Å². The molecule has 0 saturated heterocycles. The number of anilines is 1. The number of hydrogen-bond acceptors (Lipinski definition) is 2. The second-order valence-electron chi connectivity index (χ2n) is 5.88. The monoisotopic (exact) mass is 324 g/mol. The van der Waals surface area contributed by atoms with Crippen molar-refractivity contribution in [1.82, 2.24) is 5.32 Å². The number of benzene rings is 2. The molecule has 0 radical (unpaired) electrons. The smallest absolute Gasteiger partial charge is 0.171 e. The Hall–Kier alpha value is -2.33. The molecule has 1 aromatic heterocycles. The highest BCUT2D eigenvalue weighted by atomic mass is 32.1. The minimum absolute atomic E-state index is 0.00620. The third kappa shape index (κ3) is 3.71. The lowest BCUT2D eigenvalue weighted by Crippen LogP contribution is -2.30. The number of hydrogen-bond donors (Lipinski definition) is 2. The summed E-state index contributed by atoms with van der Waals surface area (Å²) in [5.41, 5.74) is 4.31. The van der Waals surface area contributed by atoms with Crippen LogP contribution in [0, 0.1) is 13.8 Å². The molecule has 0 aliphatic rings. The lowest BCUT2D eigenvalue weighted by molar-refractivity contribution is 0.493. The first-order valence-electron chi connectivity index (χ1n) is 7.65. The number of para-hydroxylation sites is 1. The van der Waals surface area contributed by atoms with Gasteiger partial charge in [0.2, 0.25) is 0 Å². The second-order valence-corrected chi connectivity index (χ2v) is 6.29. The van der Waals surface area contributed by atoms with E-state index < -0.39 is 0 Å². The van der Waals surface area contributed by atoms with Crippen molar-refractivity contribution in [3.8, 4) is 0 Å². The van der Waals surface area contributed by atoms with E-state index in [1.54, 1.807) is 0 Å². The van der Waals surface area contributed by atoms with Crippen LogP contribution in [0.5, 0.6) is 0 Å². The average Bonchev–Trinajstić information content (AvgIpc) is 2.89. The van der Waals surface area contributed by atoms with Crippen molar-refractivity contribution in [3.63, 3.8) is 0 Å². The van der Waals surface area contributed by atoms with Crippen molar-refractivity contribution < 1.29 is 4.42 Å². The normalized spacial score (nSPS) is 12.1. The van der Waals surface area contributed by atoms with Gasteiger partial charge in [0.05, 0.1) is 6.04 Å². The Kier molecular flexibility index (Phi) is 4.35. The largest absolute Gasteiger partial charge is 0.459 e. The predicted octanol–water partition coefficient (Wildman–Crippen LogP) is 5.10. The van der Waals surface area contributed by atoms with Crippen molar-refractivity contribution in [2.24, 2.45) is 0 Å². The maximum atomic E-state index is 5.87. The van der Waals surface area contributed by atoms with E-state index in [-0.39, 0.29) is 6.04 Å². The zero-order valence-corrected chi connectivity index (χ0v) is 14.3. The van der Waals surface area contributed by atoms with Crippen LogP contribution in [-0.4, -0.2) is 5.11 Å². The van der Waals surface area contributed by atoms with Gasteiger partial charge in [-0.3, -0.25) is 0 Å². The van der Waals surface area contributed by atoms with E-state index >= 15 is 0 Å². The molecule has 3 aromatic rings. The molecule has 0 unspecified atom stereocenters. The molecule has 3 rings (SSSR count). The minimum atomic E-state index is -0.00620. The summed E-state index contributed by atoms with van der Waals surface area (Å²) in [6.45, 7) is 6.19. The standard InChI is InChI=1S/C19H20N2OS/c1-12-8-13(2)10-16(9-12)21-19(23)20-14(3)18-11-15-6-4-5-7-17(15)22-18/h4-11,14H,1-3H3,(H2,20,21,23)/t14-/m0/s1. The molecule has 2 N–H and O–H groups in total. The first kappa shape index (κ1) is 15.6. The van der Waals surface area contributed by atoms with Crippen LogP contribution in [0.15, 0.2) is 52.9 Å². The van der Waals surface area contributed by atoms with Crippen LogP contribution in [0.3, 0.4) is 0 Å². The summed E-state index contributed by atoms with van der Waals surface area (Å²) in [5.74, 6) is 0.871. The van der Waals surface area contributed by atoms with E-state index in [9.17, 15) is 0 Å². The van der Waals surface area contributed by atoms with Crippen LogP contribution < -0.4 is 10.6 Å². The lowest BCUT2D eigenvalue weighted by Gasteiger charge is -2.15. The van der Waals surface area contributed by atoms with Gasteiger partial charge in [0.15, 0.2) is 5.11 Å². The molecule has 0 amide bonds. The van der Waals surface area contributed by atoms with Gasteiger partial charge in [0, 0.05) is 11.1 Å². The Morgan fingerprint density at radius 3 is 2.43 bits per heavy atom. The number of fused-ring (bicyclic) bond motifs is 1. The molecule has 1 heterocycles. The first-order valence-corrected chi connectivity index (χ1v) is 8.06. The molecule has 2 aromatic carbocycles. The Bertz CT molecular complexity index is 800. The van der Waals surface area contributed by atoms with Crippen molar-refractivity contribution in [2.75, 3.05) is 5.32 Å². The number of furan rings is 1. The first-order chi connectivity index (χ1) is 11.0. The van der Waals surface area contributed by atoms with Crippen molar-refractivity contribution in [2.45, 2.75) is 26.8 Å². The fraction of sp³-hybridized carbons (Fsp3) is 0.211. The van der Waals surface area contributed by atoms with Crippen molar-refractivity contribution in [1.29, 1.82) is 0 Å². The third-order valence-corrected chi connectivity index (χ3v) is 3.92. The Morgan fingerprint density at radius 1 is 1.04 bits per heavy atom. The quantitative estimate of drug-likeness (QED) is 0.658. The SMILES string of the molecule is Cc1cc(C)cc(NC(=S)N[C@@H](C)c2cc3ccccc3o2)c1. The second kappa shape index (κ2) is 6.42. The van der Waals surface area contributed by atoms with E-state index in [0.29, 0.717) is 5.11 Å². The van der Waals surface area contributed by atoms with Gasteiger partial charge in [0.25, 0.3) is 0 Å². The van der Waals surface area contributed by atoms with Gasteiger partial charge in [0.1, 0.15) is 11.3 Å². The molecule has 23 heavy (non-hydrogen) atoms. The third-order valence-electron chi connectivity index (χ3n) is 3.70. The summed E-state index contributed by atoms with van der Waals surface area (Å²) in [5, 5.41) is 8.20. The highest BCUT2D eigenvalue weighted by molar-refractivity contribution is 7.80. The highest BCUT2D eigenvalue weighted by Crippen LogP contribution is 2.23. The van der Waals surface area contributed by atoms with Gasteiger partial charge in [-0.05, 0) is 68.4 Å². The highest BCUT2D eigenvalue weighted by Gasteiger charge is 2.12. The van der Waals surface area contributed by atoms with Crippen LogP contribution in [0.2, 0.25) is 0 Å². The molecule has 0 aliphatic heterocycles. The molecule has 0 fully saturated rings. The van der Waals surface area contributed by atoms with Crippen molar-refractivity contribution >= 4 is 34.0 Å². The summed E-state index contributed by atoms with van der Waals surface area (Å²) in [7, 11) is 0. The van der Waals surface area contributed by atoms with Crippen molar-refractivity contribution in [3.05, 3.63) is 65.4 Å². The Balaban J connectivity index is 1.69. The fourth-order valence-corrected chi connectivity index (χ4v) is 2.99. The van der Waals surface area contributed by atoms with Crippen LogP contribution in [0.25, 0.3) is 11.0 Å². The molecule has 0 bridgehead atoms. The molecule has 0 spiro atoms. The van der Waals surface area contributed by atoms with Gasteiger partial charge in [-0.1, -0.05) is 24.3 Å². The maximum Gasteiger partial charge on any atom is 0.171 e. The summed E-state index contributed by atoms with van der Waals surface area (Å²) < 4.78 is 5.87. The zero-order chi connectivity index (χ0) is 16.4. The predicted molar refractivity (Wildman–Crippen MR) is 99.9 cm³/mol. The Labute approximate surface area is 141 Å². The average molecular weight is 324 g/mol. The minimum Gasteiger partial charge on any atom is -0.459 e. The van der Waals surface area contributed by atoms with Gasteiger partial charge in [-0.25, -0.2) is 0 Å². The van der Waals surface area contributed by atoms with Crippen LogP contribution in [0.4, 0.5) is 5.69 Å². The maximum absolute atomic E-state index is 5.87. The van der Waals surface area contributed by atoms with Crippen LogP contribution >= 0.6 is 12.2 Å². The Morgan fingerprint density at radius 2 is 1.74 bits per heavy atom. The summed E-state index contributed by atoms with van der Waals surface area (Å²) in [6.07, 6.45) is 0. The summed E-state index contributed by atoms with van der Waals surface area (Å²) in [4.78, 5) is 0. The number of aryl methyl sites for hydroxylation is 2. The van der Waals surface area contributed by atoms with Gasteiger partial charge < -0.3 is 15.1 Å². The summed E-state index contributed by atoms with van der Waals surface area (Å²) in [6, 6.07) is 16.3. The molecule has 118 valence electrons. The number of nitrogens with one attached hydrogen (secondary N) is 2. The number of thiocarbonyl (C=S) groups is 1. The molecule has 3 nitrogen and oxygen atoms in total. The van der Waals surface area contributed by atoms with E-state index in [2.05, 4.69) is 42.7 Å². The van der Waals surface area contributed by atoms with Crippen LogP contribution in [-0.2, 0) is 0 Å². The van der Waals surface area contributed by atoms with E-state index in [4.69, 9.17) is 16.6 Å². The van der Waals surface area contributed by atoms with Crippen LogP contribution in [0.1, 0.15) is 29.9 Å². The lowest BCUT2D eigenvalue weighted by atomic mass is 10.1. The van der Waals surface area contributed by atoms with Gasteiger partial charge in [-0.15, -0.1) is 0 Å². The molecule has 4 heteroatoms. The van der Waals surface area contributed by atoms with E-state index in [0.717, 1.165) is 22.4 Å². The molecule has 1 atom stereocenters. The fourth-order valence-electron chi connectivity index (χ4n) is 2.70. The molecular weight excluding hydrogens is 304 g/mol. The molecule has 0 aliphatic carbocycles. The molecular formula is C19H20N2OS. The summed E-state index contributed by atoms with van der Waals surface area (Å²) >= 11 is 5.42. The van der Waals surface area contributed by atoms with E-state index in [1.807, 2.05) is 37.3 Å². The topological polar surface area (TPSA) is 37.2 Å². The van der Waals surface area contributed by atoms with Gasteiger partial charge >= 0.3 is 0 Å². The molecule has 0 saturated carbocycles. The zero-order valence-electron chi connectivity index (χ0n) is 13.5.